The zero-order valence-corrected chi connectivity index (χ0v) is 16.4. The van der Waals surface area contributed by atoms with Gasteiger partial charge in [0.1, 0.15) is 11.8 Å². The number of nitrogens with two attached hydrogens (primary N) is 1. The summed E-state index contributed by atoms with van der Waals surface area (Å²) in [6.07, 6.45) is 4.69. The van der Waals surface area contributed by atoms with E-state index < -0.39 is 6.09 Å². The first-order valence-electron chi connectivity index (χ1n) is 9.30. The smallest absolute Gasteiger partial charge is 0.407 e. The van der Waals surface area contributed by atoms with Crippen LogP contribution >= 0.6 is 11.6 Å². The van der Waals surface area contributed by atoms with Gasteiger partial charge in [0.15, 0.2) is 0 Å². The average Bonchev–Trinajstić information content (AvgIpc) is 3.05. The van der Waals surface area contributed by atoms with E-state index in [0.717, 1.165) is 5.56 Å². The van der Waals surface area contributed by atoms with E-state index in [1.54, 1.807) is 24.4 Å². The molecule has 4 rings (SSSR count). The molecule has 0 saturated carbocycles. The van der Waals surface area contributed by atoms with Crippen molar-refractivity contribution in [2.75, 3.05) is 18.9 Å². The van der Waals surface area contributed by atoms with Gasteiger partial charge < -0.3 is 15.8 Å². The van der Waals surface area contributed by atoms with Gasteiger partial charge in [-0.1, -0.05) is 72.3 Å². The number of hydrogen-bond donors (Lipinski definition) is 2. The van der Waals surface area contributed by atoms with E-state index in [4.69, 9.17) is 22.1 Å². The number of carbonyl (C=O) groups excluding carboxylic acids is 1. The van der Waals surface area contributed by atoms with Crippen LogP contribution in [-0.4, -0.2) is 24.2 Å². The second kappa shape index (κ2) is 8.37. The van der Waals surface area contributed by atoms with Gasteiger partial charge in [0.25, 0.3) is 0 Å². The molecule has 0 saturated heterocycles. The minimum atomic E-state index is -0.460. The van der Waals surface area contributed by atoms with Crippen molar-refractivity contribution >= 4 is 29.5 Å². The molecule has 5 nitrogen and oxygen atoms in total. The van der Waals surface area contributed by atoms with Gasteiger partial charge in [-0.3, -0.25) is 0 Å². The summed E-state index contributed by atoms with van der Waals surface area (Å²) in [6.45, 7) is 0.608. The number of nitrogens with zero attached hydrogens (tertiary/aromatic N) is 1. The Morgan fingerprint density at radius 1 is 1.14 bits per heavy atom. The first kappa shape index (κ1) is 19.0. The van der Waals surface area contributed by atoms with E-state index in [9.17, 15) is 4.79 Å². The first-order chi connectivity index (χ1) is 14.1. The average molecular weight is 406 g/mol. The summed E-state index contributed by atoms with van der Waals surface area (Å²) < 4.78 is 5.49. The lowest BCUT2D eigenvalue weighted by Gasteiger charge is -2.14. The Balaban J connectivity index is 1.34. The summed E-state index contributed by atoms with van der Waals surface area (Å²) in [5.74, 6) is 0.0450. The van der Waals surface area contributed by atoms with Crippen LogP contribution in [-0.2, 0) is 4.74 Å². The zero-order chi connectivity index (χ0) is 20.2. The number of amides is 1. The number of fused-ring (bicyclic) bond motifs is 3. The molecule has 0 radical (unpaired) electrons. The third-order valence-corrected chi connectivity index (χ3v) is 5.15. The molecular formula is C23H20ClN3O2. The number of nitrogens with one attached hydrogen (secondary N) is 1. The molecule has 0 spiro atoms. The van der Waals surface area contributed by atoms with Gasteiger partial charge in [0.05, 0.1) is 0 Å². The molecule has 1 aromatic heterocycles. The number of ether oxygens (including phenoxy) is 1. The number of benzene rings is 2. The van der Waals surface area contributed by atoms with Gasteiger partial charge in [-0.2, -0.15) is 0 Å². The van der Waals surface area contributed by atoms with Crippen molar-refractivity contribution in [1.29, 1.82) is 0 Å². The maximum Gasteiger partial charge on any atom is 0.407 e. The Labute approximate surface area is 174 Å². The van der Waals surface area contributed by atoms with E-state index in [0.29, 0.717) is 17.4 Å². The molecule has 1 amide bonds. The maximum atomic E-state index is 12.1. The van der Waals surface area contributed by atoms with Gasteiger partial charge in [-0.15, -0.1) is 0 Å². The molecule has 6 heteroatoms. The number of anilines is 1. The standard InChI is InChI=1S/C23H20ClN3O2/c24-22-12-21(25)15(13-27-22)6-5-11-26-23(28)29-14-20-18-9-3-1-7-16(18)17-8-2-4-10-19(17)20/h1-10,12-13,20H,11,14H2,(H2,25,27)(H,26,28). The lowest BCUT2D eigenvalue weighted by atomic mass is 9.98. The molecule has 1 aliphatic rings. The third-order valence-electron chi connectivity index (χ3n) is 4.94. The quantitative estimate of drug-likeness (QED) is 0.593. The largest absolute Gasteiger partial charge is 0.449 e. The van der Waals surface area contributed by atoms with Gasteiger partial charge >= 0.3 is 6.09 Å². The molecule has 0 fully saturated rings. The van der Waals surface area contributed by atoms with Crippen LogP contribution in [0.2, 0.25) is 5.15 Å². The Morgan fingerprint density at radius 3 is 2.45 bits per heavy atom. The predicted octanol–water partition coefficient (Wildman–Crippen LogP) is 4.87. The van der Waals surface area contributed by atoms with Crippen LogP contribution in [0.1, 0.15) is 22.6 Å². The Bertz CT molecular complexity index is 1040. The number of nitrogen functional groups attached to an aromatic ring is 1. The van der Waals surface area contributed by atoms with E-state index in [1.807, 2.05) is 24.3 Å². The highest BCUT2D eigenvalue weighted by Gasteiger charge is 2.28. The molecule has 3 N–H and O–H groups in total. The molecule has 3 aromatic rings. The number of carbonyl (C=O) groups is 1. The molecular weight excluding hydrogens is 386 g/mol. The normalized spacial score (nSPS) is 12.6. The molecule has 0 atom stereocenters. The second-order valence-electron chi connectivity index (χ2n) is 6.74. The van der Waals surface area contributed by atoms with Crippen LogP contribution in [0.4, 0.5) is 10.5 Å². The molecule has 2 aromatic carbocycles. The topological polar surface area (TPSA) is 77.2 Å². The van der Waals surface area contributed by atoms with E-state index in [-0.39, 0.29) is 12.5 Å². The molecule has 146 valence electrons. The number of pyridine rings is 1. The lowest BCUT2D eigenvalue weighted by Crippen LogP contribution is -2.26. The highest BCUT2D eigenvalue weighted by molar-refractivity contribution is 6.29. The van der Waals surface area contributed by atoms with Crippen molar-refractivity contribution in [2.24, 2.45) is 0 Å². The van der Waals surface area contributed by atoms with Crippen molar-refractivity contribution in [3.63, 3.8) is 0 Å². The van der Waals surface area contributed by atoms with E-state index in [2.05, 4.69) is 34.6 Å². The van der Waals surface area contributed by atoms with Crippen molar-refractivity contribution in [3.8, 4) is 11.1 Å². The summed E-state index contributed by atoms with van der Waals surface area (Å²) in [4.78, 5) is 16.1. The molecule has 0 unspecified atom stereocenters. The van der Waals surface area contributed by atoms with Gasteiger partial charge in [0, 0.05) is 29.9 Å². The molecule has 1 aliphatic carbocycles. The summed E-state index contributed by atoms with van der Waals surface area (Å²) in [6, 6.07) is 18.1. The Kier molecular flexibility index (Phi) is 5.49. The third kappa shape index (κ3) is 4.10. The van der Waals surface area contributed by atoms with E-state index in [1.165, 1.54) is 22.3 Å². The van der Waals surface area contributed by atoms with Crippen molar-refractivity contribution in [2.45, 2.75) is 5.92 Å². The number of rotatable bonds is 5. The number of hydrogen-bond acceptors (Lipinski definition) is 4. The van der Waals surface area contributed by atoms with Crippen LogP contribution in [0.5, 0.6) is 0 Å². The predicted molar refractivity (Wildman–Crippen MR) is 116 cm³/mol. The Morgan fingerprint density at radius 2 is 1.79 bits per heavy atom. The highest BCUT2D eigenvalue weighted by atomic mass is 35.5. The fourth-order valence-corrected chi connectivity index (χ4v) is 3.74. The van der Waals surface area contributed by atoms with Crippen LogP contribution in [0, 0.1) is 0 Å². The van der Waals surface area contributed by atoms with Gasteiger partial charge in [-0.05, 0) is 28.3 Å². The zero-order valence-electron chi connectivity index (χ0n) is 15.6. The molecule has 0 aliphatic heterocycles. The summed E-state index contributed by atoms with van der Waals surface area (Å²) >= 11 is 5.78. The van der Waals surface area contributed by atoms with Crippen molar-refractivity contribution < 1.29 is 9.53 Å². The van der Waals surface area contributed by atoms with Gasteiger partial charge in [-0.25, -0.2) is 9.78 Å². The fourth-order valence-electron chi connectivity index (χ4n) is 3.57. The number of halogens is 1. The summed E-state index contributed by atoms with van der Waals surface area (Å²) in [5.41, 5.74) is 11.9. The maximum absolute atomic E-state index is 12.1. The molecule has 0 bridgehead atoms. The van der Waals surface area contributed by atoms with Crippen molar-refractivity contribution in [3.05, 3.63) is 88.7 Å². The van der Waals surface area contributed by atoms with E-state index >= 15 is 0 Å². The molecule has 1 heterocycles. The second-order valence-corrected chi connectivity index (χ2v) is 7.13. The number of alkyl carbamates (subject to hydrolysis) is 1. The summed E-state index contributed by atoms with van der Waals surface area (Å²) in [7, 11) is 0. The van der Waals surface area contributed by atoms with Crippen LogP contribution in [0.25, 0.3) is 17.2 Å². The van der Waals surface area contributed by atoms with Crippen LogP contribution in [0.3, 0.4) is 0 Å². The fraction of sp³-hybridized carbons (Fsp3) is 0.130. The lowest BCUT2D eigenvalue weighted by molar-refractivity contribution is 0.144. The Hall–Kier alpha value is -3.31. The highest BCUT2D eigenvalue weighted by Crippen LogP contribution is 2.44. The van der Waals surface area contributed by atoms with Crippen LogP contribution in [0.15, 0.2) is 66.9 Å². The SMILES string of the molecule is Nc1cc(Cl)ncc1C=CCNC(=O)OCC1c2ccccc2-c2ccccc21. The minimum Gasteiger partial charge on any atom is -0.449 e. The first-order valence-corrected chi connectivity index (χ1v) is 9.67. The monoisotopic (exact) mass is 405 g/mol. The molecule has 29 heavy (non-hydrogen) atoms. The number of aromatic nitrogens is 1. The van der Waals surface area contributed by atoms with Gasteiger partial charge in [0.2, 0.25) is 0 Å². The van der Waals surface area contributed by atoms with Crippen LogP contribution < -0.4 is 11.1 Å². The van der Waals surface area contributed by atoms with Crippen molar-refractivity contribution in [1.82, 2.24) is 10.3 Å². The summed E-state index contributed by atoms with van der Waals surface area (Å²) in [5, 5.41) is 3.06. The minimum absolute atomic E-state index is 0.0450.